The number of aryl methyl sites for hydroxylation is 1. The molecule has 3 heterocycles. The molecule has 7 heteroatoms. The summed E-state index contributed by atoms with van der Waals surface area (Å²) in [7, 11) is 1.65. The third-order valence-corrected chi connectivity index (χ3v) is 3.87. The first-order valence-corrected chi connectivity index (χ1v) is 6.21. The summed E-state index contributed by atoms with van der Waals surface area (Å²) in [4.78, 5) is 20.5. The minimum atomic E-state index is -0.844. The van der Waals surface area contributed by atoms with Crippen LogP contribution in [0.25, 0.3) is 11.2 Å². The Morgan fingerprint density at radius 2 is 2.21 bits per heavy atom. The van der Waals surface area contributed by atoms with Crippen molar-refractivity contribution < 1.29 is 9.13 Å². The average molecular weight is 266 g/mol. The van der Waals surface area contributed by atoms with Gasteiger partial charge in [0.2, 0.25) is 0 Å². The van der Waals surface area contributed by atoms with E-state index in [2.05, 4.69) is 9.97 Å². The molecule has 2 aromatic heterocycles. The second-order valence-electron chi connectivity index (χ2n) is 4.88. The summed E-state index contributed by atoms with van der Waals surface area (Å²) >= 11 is 0. The molecule has 0 aliphatic carbocycles. The molecule has 0 radical (unpaired) electrons. The van der Waals surface area contributed by atoms with Crippen LogP contribution in [0.1, 0.15) is 12.8 Å². The molecule has 3 rings (SSSR count). The lowest BCUT2D eigenvalue weighted by atomic mass is 9.91. The van der Waals surface area contributed by atoms with Crippen LogP contribution in [0.3, 0.4) is 0 Å². The summed E-state index contributed by atoms with van der Waals surface area (Å²) in [6.07, 6.45) is 3.91. The highest BCUT2D eigenvalue weighted by Gasteiger charge is 2.38. The molecule has 0 amide bonds. The van der Waals surface area contributed by atoms with Crippen molar-refractivity contribution in [1.29, 1.82) is 0 Å². The van der Waals surface area contributed by atoms with Gasteiger partial charge in [0.15, 0.2) is 5.65 Å². The van der Waals surface area contributed by atoms with Crippen molar-refractivity contribution >= 4 is 11.2 Å². The van der Waals surface area contributed by atoms with Crippen molar-refractivity contribution in [3.63, 3.8) is 0 Å². The molecule has 1 saturated heterocycles. The topological polar surface area (TPSA) is 61.9 Å². The van der Waals surface area contributed by atoms with Crippen molar-refractivity contribution in [2.45, 2.75) is 18.4 Å². The predicted octanol–water partition coefficient (Wildman–Crippen LogP) is 0.605. The smallest absolute Gasteiger partial charge is 0.330 e. The maximum absolute atomic E-state index is 13.7. The molecule has 6 nitrogen and oxygen atoms in total. The van der Waals surface area contributed by atoms with Gasteiger partial charge in [0.1, 0.15) is 18.5 Å². The van der Waals surface area contributed by atoms with Crippen LogP contribution < -0.4 is 5.69 Å². The molecule has 0 unspecified atom stereocenters. The van der Waals surface area contributed by atoms with Gasteiger partial charge in [-0.25, -0.2) is 19.2 Å². The van der Waals surface area contributed by atoms with E-state index in [9.17, 15) is 9.18 Å². The van der Waals surface area contributed by atoms with Crippen molar-refractivity contribution in [1.82, 2.24) is 19.1 Å². The van der Waals surface area contributed by atoms with Gasteiger partial charge in [0.05, 0.1) is 11.7 Å². The lowest BCUT2D eigenvalue weighted by molar-refractivity contribution is 0.00868. The third-order valence-electron chi connectivity index (χ3n) is 3.87. The Labute approximate surface area is 108 Å². The minimum absolute atomic E-state index is 0.255. The summed E-state index contributed by atoms with van der Waals surface area (Å²) in [6, 6.07) is 0. The molecule has 0 aromatic carbocycles. The fourth-order valence-electron chi connectivity index (χ4n) is 2.66. The van der Waals surface area contributed by atoms with Crippen LogP contribution in [0.15, 0.2) is 17.3 Å². The highest BCUT2D eigenvalue weighted by atomic mass is 19.1. The third kappa shape index (κ3) is 1.68. The zero-order valence-corrected chi connectivity index (χ0v) is 10.7. The number of hydrogen-bond acceptors (Lipinski definition) is 4. The first-order chi connectivity index (χ1) is 9.19. The molecule has 1 aliphatic heterocycles. The van der Waals surface area contributed by atoms with Crippen molar-refractivity contribution in [2.24, 2.45) is 7.05 Å². The van der Waals surface area contributed by atoms with E-state index in [1.807, 2.05) is 0 Å². The van der Waals surface area contributed by atoms with E-state index in [1.54, 1.807) is 13.2 Å². The van der Waals surface area contributed by atoms with Crippen LogP contribution in [0, 0.1) is 0 Å². The van der Waals surface area contributed by atoms with Gasteiger partial charge in [-0.15, -0.1) is 0 Å². The standard InChI is InChI=1S/C12H15FN4O2/c1-16-9-6-14-8-15-10(9)17(11(16)18)12(7-13)2-4-19-5-3-12/h6,8H,2-5,7H2,1H3. The first-order valence-electron chi connectivity index (χ1n) is 6.21. The molecule has 0 spiro atoms. The Morgan fingerprint density at radius 1 is 1.47 bits per heavy atom. The number of halogens is 1. The van der Waals surface area contributed by atoms with Gasteiger partial charge in [-0.1, -0.05) is 0 Å². The van der Waals surface area contributed by atoms with E-state index < -0.39 is 12.2 Å². The van der Waals surface area contributed by atoms with Gasteiger partial charge < -0.3 is 4.74 Å². The zero-order chi connectivity index (χ0) is 13.5. The molecule has 0 saturated carbocycles. The second kappa shape index (κ2) is 4.41. The van der Waals surface area contributed by atoms with Crippen molar-refractivity contribution in [3.05, 3.63) is 23.0 Å². The zero-order valence-electron chi connectivity index (χ0n) is 10.7. The van der Waals surface area contributed by atoms with Crippen LogP contribution in [-0.4, -0.2) is 39.0 Å². The lowest BCUT2D eigenvalue weighted by Crippen LogP contribution is -2.47. The predicted molar refractivity (Wildman–Crippen MR) is 66.8 cm³/mol. The van der Waals surface area contributed by atoms with E-state index in [4.69, 9.17) is 4.74 Å². The van der Waals surface area contributed by atoms with Gasteiger partial charge >= 0.3 is 5.69 Å². The summed E-state index contributed by atoms with van der Waals surface area (Å²) < 4.78 is 21.9. The molecular formula is C12H15FN4O2. The molecule has 102 valence electrons. The molecule has 0 N–H and O–H groups in total. The quantitative estimate of drug-likeness (QED) is 0.799. The fourth-order valence-corrected chi connectivity index (χ4v) is 2.66. The molecule has 0 bridgehead atoms. The largest absolute Gasteiger partial charge is 0.381 e. The Hall–Kier alpha value is -1.76. The maximum Gasteiger partial charge on any atom is 0.330 e. The number of rotatable bonds is 2. The van der Waals surface area contributed by atoms with Gasteiger partial charge in [-0.3, -0.25) is 9.13 Å². The number of aromatic nitrogens is 4. The van der Waals surface area contributed by atoms with E-state index in [0.717, 1.165) is 0 Å². The number of ether oxygens (including phenoxy) is 1. The number of imidazole rings is 1. The van der Waals surface area contributed by atoms with Crippen molar-refractivity contribution in [2.75, 3.05) is 19.9 Å². The number of nitrogens with zero attached hydrogens (tertiary/aromatic N) is 4. The SMILES string of the molecule is Cn1c(=O)n(C2(CF)CCOCC2)c2ncncc21. The molecule has 2 aromatic rings. The normalized spacial score (nSPS) is 18.8. The Bertz CT molecular complexity index is 657. The Balaban J connectivity index is 2.29. The van der Waals surface area contributed by atoms with Crippen LogP contribution >= 0.6 is 0 Å². The minimum Gasteiger partial charge on any atom is -0.381 e. The van der Waals surface area contributed by atoms with Crippen LogP contribution in [-0.2, 0) is 17.3 Å². The molecule has 1 fully saturated rings. The molecule has 0 atom stereocenters. The highest BCUT2D eigenvalue weighted by molar-refractivity contribution is 5.70. The average Bonchev–Trinajstić information content (AvgIpc) is 2.73. The number of hydrogen-bond donors (Lipinski definition) is 0. The van der Waals surface area contributed by atoms with E-state index in [-0.39, 0.29) is 5.69 Å². The summed E-state index contributed by atoms with van der Waals surface area (Å²) in [5, 5.41) is 0. The van der Waals surface area contributed by atoms with Gasteiger partial charge in [0.25, 0.3) is 0 Å². The van der Waals surface area contributed by atoms with Gasteiger partial charge in [-0.05, 0) is 12.8 Å². The maximum atomic E-state index is 13.7. The van der Waals surface area contributed by atoms with Gasteiger partial charge in [-0.2, -0.15) is 0 Å². The monoisotopic (exact) mass is 266 g/mol. The number of alkyl halides is 1. The molecule has 1 aliphatic rings. The Morgan fingerprint density at radius 3 is 2.89 bits per heavy atom. The van der Waals surface area contributed by atoms with Gasteiger partial charge in [0, 0.05) is 20.3 Å². The van der Waals surface area contributed by atoms with Crippen LogP contribution in [0.5, 0.6) is 0 Å². The number of fused-ring (bicyclic) bond motifs is 1. The summed E-state index contributed by atoms with van der Waals surface area (Å²) in [5.74, 6) is 0. The second-order valence-corrected chi connectivity index (χ2v) is 4.88. The molecular weight excluding hydrogens is 251 g/mol. The molecule has 19 heavy (non-hydrogen) atoms. The summed E-state index contributed by atoms with van der Waals surface area (Å²) in [5.41, 5.74) is 0.00680. The Kier molecular flexibility index (Phi) is 2.85. The van der Waals surface area contributed by atoms with Crippen molar-refractivity contribution in [3.8, 4) is 0 Å². The van der Waals surface area contributed by atoms with E-state index in [0.29, 0.717) is 37.2 Å². The van der Waals surface area contributed by atoms with E-state index >= 15 is 0 Å². The summed E-state index contributed by atoms with van der Waals surface area (Å²) in [6.45, 7) is 0.315. The van der Waals surface area contributed by atoms with Crippen LogP contribution in [0.4, 0.5) is 4.39 Å². The van der Waals surface area contributed by atoms with Crippen LogP contribution in [0.2, 0.25) is 0 Å². The lowest BCUT2D eigenvalue weighted by Gasteiger charge is -2.35. The first kappa shape index (κ1) is 12.3. The highest BCUT2D eigenvalue weighted by Crippen LogP contribution is 2.30. The van der Waals surface area contributed by atoms with E-state index in [1.165, 1.54) is 15.5 Å². The fraction of sp³-hybridized carbons (Fsp3) is 0.583.